The molecule has 2 aromatic carbocycles. The first-order chi connectivity index (χ1) is 31.4. The van der Waals surface area contributed by atoms with Gasteiger partial charge in [-0.15, -0.1) is 0 Å². The van der Waals surface area contributed by atoms with Gasteiger partial charge in [0.05, 0.1) is 50.0 Å². The number of pyridine rings is 2. The Morgan fingerprint density at radius 1 is 0.800 bits per heavy atom. The highest BCUT2D eigenvalue weighted by atomic mass is 35.5. The van der Waals surface area contributed by atoms with Crippen LogP contribution in [0.2, 0.25) is 20.1 Å². The van der Waals surface area contributed by atoms with E-state index >= 15 is 0 Å². The molecule has 328 valence electrons. The van der Waals surface area contributed by atoms with Crippen LogP contribution in [0.1, 0.15) is 35.6 Å². The van der Waals surface area contributed by atoms with Gasteiger partial charge in [-0.2, -0.15) is 5.26 Å². The van der Waals surface area contributed by atoms with Gasteiger partial charge in [0.1, 0.15) is 29.2 Å². The first-order valence-electron chi connectivity index (χ1n) is 19.8. The summed E-state index contributed by atoms with van der Waals surface area (Å²) in [5, 5.41) is 28.2. The van der Waals surface area contributed by atoms with Crippen molar-refractivity contribution in [3.63, 3.8) is 0 Å². The summed E-state index contributed by atoms with van der Waals surface area (Å²) in [5.41, 5.74) is 11.9. The van der Waals surface area contributed by atoms with Gasteiger partial charge >= 0.3 is 5.69 Å². The third-order valence-corrected chi connectivity index (χ3v) is 10.6. The molecule has 0 atom stereocenters. The van der Waals surface area contributed by atoms with E-state index in [1.165, 1.54) is 6.07 Å². The van der Waals surface area contributed by atoms with Crippen molar-refractivity contribution < 1.29 is 4.92 Å². The predicted molar refractivity (Wildman–Crippen MR) is 252 cm³/mol. The quantitative estimate of drug-likeness (QED) is 0.0425. The van der Waals surface area contributed by atoms with Gasteiger partial charge in [0.25, 0.3) is 0 Å². The fourth-order valence-electron chi connectivity index (χ4n) is 6.38. The number of nitro groups is 1. The molecule has 0 fully saturated rings. The molecule has 6 heterocycles. The summed E-state index contributed by atoms with van der Waals surface area (Å²) in [7, 11) is 0. The van der Waals surface area contributed by atoms with Gasteiger partial charge in [0.2, 0.25) is 11.8 Å². The molecule has 0 aliphatic heterocycles. The van der Waals surface area contributed by atoms with Gasteiger partial charge in [-0.3, -0.25) is 10.1 Å². The zero-order valence-electron chi connectivity index (χ0n) is 34.4. The highest BCUT2D eigenvalue weighted by Crippen LogP contribution is 2.36. The van der Waals surface area contributed by atoms with Crippen LogP contribution in [0.5, 0.6) is 0 Å². The van der Waals surface area contributed by atoms with E-state index in [1.807, 2.05) is 19.1 Å². The number of aryl methyl sites for hydroxylation is 3. The minimum absolute atomic E-state index is 0.0895. The summed E-state index contributed by atoms with van der Waals surface area (Å²) >= 11 is 25.1. The van der Waals surface area contributed by atoms with Crippen molar-refractivity contribution in [1.82, 2.24) is 49.4 Å². The fraction of sp³-hybridized carbons (Fsp3) is 0.159. The van der Waals surface area contributed by atoms with Crippen molar-refractivity contribution in [3.05, 3.63) is 157 Å². The second-order valence-corrected chi connectivity index (χ2v) is 15.9. The highest BCUT2D eigenvalue weighted by molar-refractivity contribution is 6.37. The predicted octanol–water partition coefficient (Wildman–Crippen LogP) is 10.0. The lowest BCUT2D eigenvalue weighted by atomic mass is 10.1. The Morgan fingerprint density at radius 2 is 1.54 bits per heavy atom. The van der Waals surface area contributed by atoms with E-state index in [2.05, 4.69) is 56.6 Å². The third-order valence-electron chi connectivity index (χ3n) is 9.55. The number of hydrogen-bond acceptors (Lipinski definition) is 14. The van der Waals surface area contributed by atoms with Crippen molar-refractivity contribution in [3.8, 4) is 45.7 Å². The van der Waals surface area contributed by atoms with Crippen molar-refractivity contribution >= 4 is 69.7 Å². The van der Waals surface area contributed by atoms with E-state index in [4.69, 9.17) is 62.4 Å². The van der Waals surface area contributed by atoms with Gasteiger partial charge in [-0.1, -0.05) is 46.4 Å². The number of nitrogen functional groups attached to an aromatic ring is 1. The number of nitrogens with two attached hydrogens (primary N) is 1. The summed E-state index contributed by atoms with van der Waals surface area (Å²) in [6.45, 7) is 3.19. The Morgan fingerprint density at radius 3 is 2.17 bits per heavy atom. The molecular weight excluding hydrogens is 912 g/mol. The summed E-state index contributed by atoms with van der Waals surface area (Å²) < 4.78 is 1.80. The molecule has 17 nitrogen and oxygen atoms in total. The Balaban J connectivity index is 0.000000194. The highest BCUT2D eigenvalue weighted by Gasteiger charge is 2.18. The number of imidazole rings is 2. The molecule has 0 spiro atoms. The minimum atomic E-state index is -0.553. The van der Waals surface area contributed by atoms with Crippen LogP contribution in [0.3, 0.4) is 0 Å². The number of hydrogen-bond donors (Lipinski definition) is 4. The maximum absolute atomic E-state index is 10.9. The number of nitrogens with zero attached hydrogens (tertiary/aromatic N) is 11. The van der Waals surface area contributed by atoms with Gasteiger partial charge in [0, 0.05) is 89.1 Å². The molecule has 0 amide bonds. The first-order valence-corrected chi connectivity index (χ1v) is 21.3. The van der Waals surface area contributed by atoms with Crippen molar-refractivity contribution in [2.45, 2.75) is 32.6 Å². The van der Waals surface area contributed by atoms with Crippen molar-refractivity contribution in [2.75, 3.05) is 29.5 Å². The van der Waals surface area contributed by atoms with E-state index < -0.39 is 4.92 Å². The lowest BCUT2D eigenvalue weighted by Gasteiger charge is -2.13. The molecule has 65 heavy (non-hydrogen) atoms. The van der Waals surface area contributed by atoms with Gasteiger partial charge in [-0.25, -0.2) is 39.9 Å². The molecule has 0 bridgehead atoms. The van der Waals surface area contributed by atoms with E-state index in [0.29, 0.717) is 104 Å². The zero-order valence-corrected chi connectivity index (χ0v) is 37.4. The summed E-state index contributed by atoms with van der Waals surface area (Å²) in [6.07, 6.45) is 14.6. The average Bonchev–Trinajstić information content (AvgIpc) is 4.00. The van der Waals surface area contributed by atoms with Crippen LogP contribution in [-0.4, -0.2) is 67.4 Å². The Hall–Kier alpha value is -7.23. The van der Waals surface area contributed by atoms with Crippen molar-refractivity contribution in [1.29, 1.82) is 5.26 Å². The summed E-state index contributed by atoms with van der Waals surface area (Å²) in [4.78, 5) is 48.8. The molecule has 0 unspecified atom stereocenters. The Bertz CT molecular complexity index is 2980. The molecule has 0 saturated heterocycles. The number of H-pyrrole nitrogens is 1. The van der Waals surface area contributed by atoms with E-state index in [1.54, 1.807) is 90.5 Å². The minimum Gasteiger partial charge on any atom is -0.378 e. The molecule has 5 N–H and O–H groups in total. The van der Waals surface area contributed by atoms with E-state index in [-0.39, 0.29) is 11.5 Å². The molecular formula is C44H37Cl4N15O2. The van der Waals surface area contributed by atoms with Crippen LogP contribution < -0.4 is 16.4 Å². The van der Waals surface area contributed by atoms with Crippen LogP contribution in [0.15, 0.2) is 104 Å². The second kappa shape index (κ2) is 21.4. The van der Waals surface area contributed by atoms with Crippen LogP contribution >= 0.6 is 46.4 Å². The Kier molecular flexibility index (Phi) is 15.1. The lowest BCUT2D eigenvalue weighted by molar-refractivity contribution is -0.384. The second-order valence-electron chi connectivity index (χ2n) is 14.2. The summed E-state index contributed by atoms with van der Waals surface area (Å²) in [6, 6.07) is 19.1. The van der Waals surface area contributed by atoms with Gasteiger partial charge < -0.3 is 25.9 Å². The standard InChI is InChI=1S/C23H19Cl2N7.C21H18Cl2N8O2/c1-14-11-30-23(31-14)18-13-29-21(32-22(18)17-6-5-16(24)9-19(17)25)3-2-8-27-20-7-4-15(10-26)12-28-20;22-13-3-5-15(16(23)10-13)19-18(30-9-8-25-12-30)11-27-21(29-19)26-7-1-2-14-4-6-17(31(32)33)20(24)28-14/h4-7,9,11-13H,2-3,8H2,1H3,(H,27,28)(H,30,31);3-6,8-12H,1-2,7H2,(H2,24,28)(H,26,27,29). The normalized spacial score (nSPS) is 10.8. The average molecular weight is 950 g/mol. The molecule has 21 heteroatoms. The summed E-state index contributed by atoms with van der Waals surface area (Å²) in [5.74, 6) is 2.45. The topological polar surface area (TPSA) is 241 Å². The maximum atomic E-state index is 10.9. The number of aromatic amines is 1. The number of anilines is 3. The maximum Gasteiger partial charge on any atom is 0.311 e. The lowest BCUT2D eigenvalue weighted by Crippen LogP contribution is -2.09. The third kappa shape index (κ3) is 11.9. The van der Waals surface area contributed by atoms with Crippen LogP contribution in [0.25, 0.3) is 39.6 Å². The first kappa shape index (κ1) is 45.8. The number of aromatic nitrogens is 10. The Labute approximate surface area is 392 Å². The molecule has 8 aromatic rings. The molecule has 6 aromatic heterocycles. The van der Waals surface area contributed by atoms with Crippen LogP contribution in [0.4, 0.5) is 23.3 Å². The molecule has 0 aliphatic rings. The van der Waals surface area contributed by atoms with E-state index in [0.717, 1.165) is 29.1 Å². The van der Waals surface area contributed by atoms with Crippen molar-refractivity contribution in [2.24, 2.45) is 0 Å². The van der Waals surface area contributed by atoms with Crippen LogP contribution in [0, 0.1) is 28.4 Å². The van der Waals surface area contributed by atoms with E-state index in [9.17, 15) is 10.1 Å². The van der Waals surface area contributed by atoms with Gasteiger partial charge in [-0.05, 0) is 80.8 Å². The van der Waals surface area contributed by atoms with Crippen LogP contribution in [-0.2, 0) is 12.8 Å². The smallest absolute Gasteiger partial charge is 0.311 e. The number of benzene rings is 2. The molecule has 0 radical (unpaired) electrons. The molecule has 0 saturated carbocycles. The largest absolute Gasteiger partial charge is 0.378 e. The zero-order chi connectivity index (χ0) is 45.9. The molecule has 0 aliphatic carbocycles. The molecule has 8 rings (SSSR count). The van der Waals surface area contributed by atoms with Gasteiger partial charge in [0.15, 0.2) is 0 Å². The monoisotopic (exact) mass is 947 g/mol. The number of nitriles is 1. The number of halogens is 4. The number of rotatable bonds is 15. The SMILES string of the molecule is Cc1cnc(-c2cnc(CCCNc3ccc(C#N)cn3)nc2-c2ccc(Cl)cc2Cl)[nH]1.Nc1nc(CCCNc2ncc(-n3ccnc3)c(-c3ccc(Cl)cc3Cl)n2)ccc1[N+](=O)[O-]. The number of nitrogens with one attached hydrogen (secondary N) is 3. The fourth-order valence-corrected chi connectivity index (χ4v) is 7.38.